The summed E-state index contributed by atoms with van der Waals surface area (Å²) in [6.45, 7) is 4.01. The van der Waals surface area contributed by atoms with Gasteiger partial charge in [-0.05, 0) is 5.92 Å². The second-order valence-corrected chi connectivity index (χ2v) is 4.12. The summed E-state index contributed by atoms with van der Waals surface area (Å²) >= 11 is 0. The Morgan fingerprint density at radius 1 is 1.53 bits per heavy atom. The number of primary amides is 1. The van der Waals surface area contributed by atoms with Gasteiger partial charge in [-0.1, -0.05) is 20.3 Å². The van der Waals surface area contributed by atoms with Gasteiger partial charge in [0.1, 0.15) is 17.9 Å². The first-order valence-corrected chi connectivity index (χ1v) is 5.57. The van der Waals surface area contributed by atoms with Crippen LogP contribution in [-0.4, -0.2) is 25.4 Å². The highest BCUT2D eigenvalue weighted by Crippen LogP contribution is 2.23. The minimum absolute atomic E-state index is 0.139. The van der Waals surface area contributed by atoms with E-state index in [-0.39, 0.29) is 11.8 Å². The second-order valence-electron chi connectivity index (χ2n) is 4.12. The number of imidazole rings is 1. The second kappa shape index (κ2) is 4.48. The van der Waals surface area contributed by atoms with E-state index in [0.29, 0.717) is 11.2 Å². The first kappa shape index (κ1) is 11.5. The van der Waals surface area contributed by atoms with Crippen LogP contribution >= 0.6 is 0 Å². The Morgan fingerprint density at radius 3 is 2.94 bits per heavy atom. The number of amides is 1. The molecule has 0 aromatic carbocycles. The van der Waals surface area contributed by atoms with E-state index < -0.39 is 6.04 Å². The van der Waals surface area contributed by atoms with Crippen LogP contribution in [0.15, 0.2) is 18.9 Å². The van der Waals surface area contributed by atoms with Crippen LogP contribution in [0.2, 0.25) is 0 Å². The van der Waals surface area contributed by atoms with Crippen molar-refractivity contribution in [1.82, 2.24) is 19.5 Å². The molecule has 6 nitrogen and oxygen atoms in total. The van der Waals surface area contributed by atoms with E-state index in [4.69, 9.17) is 5.73 Å². The van der Waals surface area contributed by atoms with E-state index in [1.807, 2.05) is 13.8 Å². The quantitative estimate of drug-likeness (QED) is 0.849. The standard InChI is InChI=1S/C11H15N5O/c1-3-7(2)9(10(12)17)16-6-15-8-4-13-5-14-11(8)16/h4-7,9H,3H2,1-2H3,(H2,12,17). The summed E-state index contributed by atoms with van der Waals surface area (Å²) in [6.07, 6.45) is 5.52. The van der Waals surface area contributed by atoms with Crippen molar-refractivity contribution in [1.29, 1.82) is 0 Å². The summed E-state index contributed by atoms with van der Waals surface area (Å²) < 4.78 is 1.73. The van der Waals surface area contributed by atoms with Gasteiger partial charge < -0.3 is 10.3 Å². The molecule has 17 heavy (non-hydrogen) atoms. The molecule has 0 radical (unpaired) electrons. The molecular formula is C11H15N5O. The molecule has 2 heterocycles. The smallest absolute Gasteiger partial charge is 0.240 e. The topological polar surface area (TPSA) is 86.7 Å². The molecule has 2 unspecified atom stereocenters. The Kier molecular flexibility index (Phi) is 3.03. The number of hydrogen-bond acceptors (Lipinski definition) is 4. The molecule has 2 aromatic rings. The lowest BCUT2D eigenvalue weighted by Gasteiger charge is -2.21. The predicted molar refractivity (Wildman–Crippen MR) is 63.0 cm³/mol. The van der Waals surface area contributed by atoms with Crippen LogP contribution in [0.1, 0.15) is 26.3 Å². The monoisotopic (exact) mass is 233 g/mol. The summed E-state index contributed by atoms with van der Waals surface area (Å²) in [5, 5.41) is 0. The summed E-state index contributed by atoms with van der Waals surface area (Å²) in [4.78, 5) is 23.8. The van der Waals surface area contributed by atoms with Crippen LogP contribution in [-0.2, 0) is 4.79 Å². The zero-order chi connectivity index (χ0) is 12.4. The van der Waals surface area contributed by atoms with Gasteiger partial charge in [0, 0.05) is 0 Å². The molecule has 2 N–H and O–H groups in total. The largest absolute Gasteiger partial charge is 0.368 e. The first-order chi connectivity index (χ1) is 8.15. The molecule has 0 saturated heterocycles. The van der Waals surface area contributed by atoms with Gasteiger partial charge in [0.15, 0.2) is 5.65 Å². The Labute approximate surface area is 98.9 Å². The van der Waals surface area contributed by atoms with Gasteiger partial charge in [-0.3, -0.25) is 4.79 Å². The number of carbonyl (C=O) groups excluding carboxylic acids is 1. The minimum atomic E-state index is -0.417. The first-order valence-electron chi connectivity index (χ1n) is 5.57. The van der Waals surface area contributed by atoms with E-state index in [9.17, 15) is 4.79 Å². The zero-order valence-electron chi connectivity index (χ0n) is 9.87. The third kappa shape index (κ3) is 1.98. The molecule has 0 aliphatic rings. The minimum Gasteiger partial charge on any atom is -0.368 e. The van der Waals surface area contributed by atoms with E-state index in [1.165, 1.54) is 6.33 Å². The van der Waals surface area contributed by atoms with Crippen LogP contribution < -0.4 is 5.73 Å². The third-order valence-corrected chi connectivity index (χ3v) is 3.01. The molecule has 0 fully saturated rings. The molecule has 0 saturated carbocycles. The molecule has 1 amide bonds. The van der Waals surface area contributed by atoms with Crippen LogP contribution in [0.4, 0.5) is 0 Å². The molecule has 0 spiro atoms. The van der Waals surface area contributed by atoms with E-state index in [1.54, 1.807) is 17.1 Å². The number of fused-ring (bicyclic) bond motifs is 1. The fraction of sp³-hybridized carbons (Fsp3) is 0.455. The maximum Gasteiger partial charge on any atom is 0.240 e. The zero-order valence-corrected chi connectivity index (χ0v) is 9.87. The average molecular weight is 233 g/mol. The van der Waals surface area contributed by atoms with Gasteiger partial charge in [0.25, 0.3) is 0 Å². The fourth-order valence-electron chi connectivity index (χ4n) is 1.90. The van der Waals surface area contributed by atoms with Crippen molar-refractivity contribution >= 4 is 17.1 Å². The predicted octanol–water partition coefficient (Wildman–Crippen LogP) is 0.899. The number of nitrogens with zero attached hydrogens (tertiary/aromatic N) is 4. The number of nitrogens with two attached hydrogens (primary N) is 1. The van der Waals surface area contributed by atoms with Crippen LogP contribution in [0.25, 0.3) is 11.2 Å². The van der Waals surface area contributed by atoms with Gasteiger partial charge in [-0.15, -0.1) is 0 Å². The maximum atomic E-state index is 11.6. The number of carbonyl (C=O) groups is 1. The van der Waals surface area contributed by atoms with Gasteiger partial charge in [0.05, 0.1) is 12.5 Å². The lowest BCUT2D eigenvalue weighted by Crippen LogP contribution is -2.31. The van der Waals surface area contributed by atoms with Crippen molar-refractivity contribution in [2.45, 2.75) is 26.3 Å². The van der Waals surface area contributed by atoms with E-state index in [0.717, 1.165) is 6.42 Å². The molecule has 0 aliphatic heterocycles. The molecule has 90 valence electrons. The van der Waals surface area contributed by atoms with Crippen molar-refractivity contribution < 1.29 is 4.79 Å². The van der Waals surface area contributed by atoms with E-state index in [2.05, 4.69) is 15.0 Å². The van der Waals surface area contributed by atoms with Crippen molar-refractivity contribution in [2.24, 2.45) is 11.7 Å². The molecule has 2 atom stereocenters. The number of aromatic nitrogens is 4. The summed E-state index contributed by atoms with van der Waals surface area (Å²) in [5.74, 6) is -0.225. The highest BCUT2D eigenvalue weighted by Gasteiger charge is 2.25. The maximum absolute atomic E-state index is 11.6. The SMILES string of the molecule is CCC(C)C(C(N)=O)n1cnc2cncnc21. The number of hydrogen-bond donors (Lipinski definition) is 1. The highest BCUT2D eigenvalue weighted by molar-refractivity contribution is 5.81. The Hall–Kier alpha value is -1.98. The van der Waals surface area contributed by atoms with Crippen LogP contribution in [0, 0.1) is 5.92 Å². The highest BCUT2D eigenvalue weighted by atomic mass is 16.1. The summed E-state index contributed by atoms with van der Waals surface area (Å²) in [7, 11) is 0. The Morgan fingerprint density at radius 2 is 2.29 bits per heavy atom. The fourth-order valence-corrected chi connectivity index (χ4v) is 1.90. The third-order valence-electron chi connectivity index (χ3n) is 3.01. The van der Waals surface area contributed by atoms with Gasteiger partial charge in [-0.2, -0.15) is 0 Å². The average Bonchev–Trinajstić information content (AvgIpc) is 2.73. The normalized spacial score (nSPS) is 14.7. The van der Waals surface area contributed by atoms with Crippen molar-refractivity contribution in [2.75, 3.05) is 0 Å². The molecule has 0 bridgehead atoms. The summed E-state index contributed by atoms with van der Waals surface area (Å²) in [6, 6.07) is -0.417. The van der Waals surface area contributed by atoms with Crippen molar-refractivity contribution in [3.8, 4) is 0 Å². The Balaban J connectivity index is 2.53. The molecule has 2 rings (SSSR count). The molecule has 2 aromatic heterocycles. The lowest BCUT2D eigenvalue weighted by atomic mass is 9.98. The van der Waals surface area contributed by atoms with Crippen molar-refractivity contribution in [3.05, 3.63) is 18.9 Å². The molecular weight excluding hydrogens is 218 g/mol. The van der Waals surface area contributed by atoms with Gasteiger partial charge in [-0.25, -0.2) is 15.0 Å². The van der Waals surface area contributed by atoms with Crippen LogP contribution in [0.3, 0.4) is 0 Å². The number of rotatable bonds is 4. The Bertz CT molecular complexity index is 535. The van der Waals surface area contributed by atoms with Crippen molar-refractivity contribution in [3.63, 3.8) is 0 Å². The van der Waals surface area contributed by atoms with Gasteiger partial charge >= 0.3 is 0 Å². The molecule has 0 aliphatic carbocycles. The molecule has 6 heteroatoms. The summed E-state index contributed by atoms with van der Waals surface area (Å²) in [5.41, 5.74) is 6.78. The van der Waals surface area contributed by atoms with Crippen LogP contribution in [0.5, 0.6) is 0 Å². The van der Waals surface area contributed by atoms with E-state index >= 15 is 0 Å². The van der Waals surface area contributed by atoms with Gasteiger partial charge in [0.2, 0.25) is 5.91 Å². The lowest BCUT2D eigenvalue weighted by molar-refractivity contribution is -0.122.